The molecule has 8 heteroatoms. The lowest BCUT2D eigenvalue weighted by Crippen LogP contribution is -2.49. The monoisotopic (exact) mass is 358 g/mol. The van der Waals surface area contributed by atoms with Gasteiger partial charge in [-0.2, -0.15) is 0 Å². The van der Waals surface area contributed by atoms with Gasteiger partial charge in [0.25, 0.3) is 0 Å². The van der Waals surface area contributed by atoms with Gasteiger partial charge in [0.2, 0.25) is 5.91 Å². The minimum Gasteiger partial charge on any atom is -0.469 e. The summed E-state index contributed by atoms with van der Waals surface area (Å²) in [5.41, 5.74) is -0.674. The van der Waals surface area contributed by atoms with E-state index in [2.05, 4.69) is 15.4 Å². The van der Waals surface area contributed by atoms with Gasteiger partial charge >= 0.3 is 12.1 Å². The quantitative estimate of drug-likeness (QED) is 0.605. The Morgan fingerprint density at radius 3 is 2.12 bits per heavy atom. The molecule has 0 aromatic rings. The Hall–Kier alpha value is -2.12. The molecule has 2 N–H and O–H groups in total. The van der Waals surface area contributed by atoms with E-state index >= 15 is 0 Å². The Morgan fingerprint density at radius 2 is 1.64 bits per heavy atom. The molecule has 0 spiro atoms. The van der Waals surface area contributed by atoms with Gasteiger partial charge in [-0.05, 0) is 33.1 Å². The van der Waals surface area contributed by atoms with E-state index in [1.807, 2.05) is 13.8 Å². The van der Waals surface area contributed by atoms with Gasteiger partial charge in [-0.1, -0.05) is 13.8 Å². The van der Waals surface area contributed by atoms with Crippen molar-refractivity contribution in [3.05, 3.63) is 0 Å². The molecule has 0 aliphatic heterocycles. The van der Waals surface area contributed by atoms with Crippen molar-refractivity contribution < 1.29 is 28.7 Å². The molecule has 0 aromatic carbocycles. The number of amides is 2. The zero-order valence-electron chi connectivity index (χ0n) is 15.9. The molecule has 0 unspecified atom stereocenters. The average molecular weight is 358 g/mol. The lowest BCUT2D eigenvalue weighted by atomic mass is 10.0. The van der Waals surface area contributed by atoms with Crippen LogP contribution in [-0.2, 0) is 23.9 Å². The van der Waals surface area contributed by atoms with E-state index < -0.39 is 29.6 Å². The van der Waals surface area contributed by atoms with E-state index in [4.69, 9.17) is 4.74 Å². The molecule has 8 nitrogen and oxygen atoms in total. The summed E-state index contributed by atoms with van der Waals surface area (Å²) in [6, 6.07) is -0.803. The highest BCUT2D eigenvalue weighted by molar-refractivity contribution is 5.91. The molecule has 0 aliphatic carbocycles. The summed E-state index contributed by atoms with van der Waals surface area (Å²) >= 11 is 0. The minimum atomic E-state index is -0.803. The number of ketones is 1. The molecule has 0 aliphatic rings. The number of methoxy groups -OCH3 is 1. The SMILES string of the molecule is COC(=O)CCC(=O)CNC(=O)[C@@H](CC(C)C)NC(=O)OC(C)(C)C. The zero-order valence-corrected chi connectivity index (χ0v) is 15.9. The molecule has 0 radical (unpaired) electrons. The molecule has 0 fully saturated rings. The smallest absolute Gasteiger partial charge is 0.408 e. The molecule has 0 saturated heterocycles. The molecular weight excluding hydrogens is 328 g/mol. The highest BCUT2D eigenvalue weighted by Gasteiger charge is 2.25. The zero-order chi connectivity index (χ0) is 19.6. The number of carbonyl (C=O) groups is 4. The second-order valence-electron chi connectivity index (χ2n) is 7.16. The Kier molecular flexibility index (Phi) is 9.78. The number of alkyl carbamates (subject to hydrolysis) is 1. The first-order chi connectivity index (χ1) is 11.4. The number of carbonyl (C=O) groups excluding carboxylic acids is 4. The third-order valence-corrected chi connectivity index (χ3v) is 3.01. The summed E-state index contributed by atoms with van der Waals surface area (Å²) in [5.74, 6) is -1.09. The van der Waals surface area contributed by atoms with Gasteiger partial charge in [-0.15, -0.1) is 0 Å². The first-order valence-electron chi connectivity index (χ1n) is 8.30. The van der Waals surface area contributed by atoms with Gasteiger partial charge in [-0.25, -0.2) is 4.79 Å². The van der Waals surface area contributed by atoms with Gasteiger partial charge in [0.05, 0.1) is 20.1 Å². The fourth-order valence-electron chi connectivity index (χ4n) is 1.89. The van der Waals surface area contributed by atoms with Crippen molar-refractivity contribution in [1.29, 1.82) is 0 Å². The second-order valence-corrected chi connectivity index (χ2v) is 7.16. The van der Waals surface area contributed by atoms with Crippen LogP contribution in [0.3, 0.4) is 0 Å². The molecule has 0 aromatic heterocycles. The van der Waals surface area contributed by atoms with E-state index in [0.717, 1.165) is 0 Å². The Bertz CT molecular complexity index is 482. The van der Waals surface area contributed by atoms with E-state index in [1.54, 1.807) is 20.8 Å². The number of rotatable bonds is 9. The van der Waals surface area contributed by atoms with E-state index in [1.165, 1.54) is 7.11 Å². The van der Waals surface area contributed by atoms with Crippen LogP contribution in [0.15, 0.2) is 0 Å². The average Bonchev–Trinajstić information content (AvgIpc) is 2.47. The predicted molar refractivity (Wildman–Crippen MR) is 91.9 cm³/mol. The van der Waals surface area contributed by atoms with E-state index in [-0.39, 0.29) is 31.1 Å². The fourth-order valence-corrected chi connectivity index (χ4v) is 1.89. The number of hydrogen-bond donors (Lipinski definition) is 2. The lowest BCUT2D eigenvalue weighted by Gasteiger charge is -2.24. The highest BCUT2D eigenvalue weighted by atomic mass is 16.6. The minimum absolute atomic E-state index is 0.0126. The van der Waals surface area contributed by atoms with Gasteiger partial charge in [0.1, 0.15) is 11.6 Å². The van der Waals surface area contributed by atoms with Crippen molar-refractivity contribution in [2.45, 2.75) is 65.5 Å². The Balaban J connectivity index is 4.56. The highest BCUT2D eigenvalue weighted by Crippen LogP contribution is 2.09. The largest absolute Gasteiger partial charge is 0.469 e. The number of Topliss-reactive ketones (excluding diaryl/α,β-unsaturated/α-hetero) is 1. The summed E-state index contributed by atoms with van der Waals surface area (Å²) in [5, 5.41) is 5.02. The summed E-state index contributed by atoms with van der Waals surface area (Å²) < 4.78 is 9.61. The maximum atomic E-state index is 12.3. The van der Waals surface area contributed by atoms with Crippen molar-refractivity contribution in [1.82, 2.24) is 10.6 Å². The second kappa shape index (κ2) is 10.7. The predicted octanol–water partition coefficient (Wildman–Crippen LogP) is 1.56. The van der Waals surface area contributed by atoms with E-state index in [9.17, 15) is 19.2 Å². The molecule has 0 rings (SSSR count). The normalized spacial score (nSPS) is 12.3. The number of hydrogen-bond acceptors (Lipinski definition) is 6. The first-order valence-corrected chi connectivity index (χ1v) is 8.30. The van der Waals surface area contributed by atoms with Crippen molar-refractivity contribution in [2.75, 3.05) is 13.7 Å². The third kappa shape index (κ3) is 12.0. The Labute approximate surface area is 149 Å². The fraction of sp³-hybridized carbons (Fsp3) is 0.765. The molecule has 0 heterocycles. The van der Waals surface area contributed by atoms with Crippen LogP contribution in [0, 0.1) is 5.92 Å². The van der Waals surface area contributed by atoms with Gasteiger partial charge < -0.3 is 20.1 Å². The lowest BCUT2D eigenvalue weighted by molar-refractivity contribution is -0.141. The summed E-state index contributed by atoms with van der Waals surface area (Å²) in [6.07, 6.45) is -0.329. The number of esters is 1. The number of nitrogens with one attached hydrogen (secondary N) is 2. The van der Waals surface area contributed by atoms with Gasteiger partial charge in [0.15, 0.2) is 5.78 Å². The van der Waals surface area contributed by atoms with Crippen LogP contribution < -0.4 is 10.6 Å². The molecule has 0 saturated carbocycles. The van der Waals surface area contributed by atoms with Crippen LogP contribution in [0.5, 0.6) is 0 Å². The molecule has 2 amide bonds. The van der Waals surface area contributed by atoms with Gasteiger partial charge in [-0.3, -0.25) is 14.4 Å². The summed E-state index contributed by atoms with van der Waals surface area (Å²) in [4.78, 5) is 46.8. The molecule has 1 atom stereocenters. The van der Waals surface area contributed by atoms with E-state index in [0.29, 0.717) is 6.42 Å². The molecule has 25 heavy (non-hydrogen) atoms. The Morgan fingerprint density at radius 1 is 1.04 bits per heavy atom. The van der Waals surface area contributed by atoms with Crippen LogP contribution in [0.25, 0.3) is 0 Å². The van der Waals surface area contributed by atoms with Crippen molar-refractivity contribution in [2.24, 2.45) is 5.92 Å². The molecular formula is C17H30N2O6. The molecule has 0 bridgehead atoms. The third-order valence-electron chi connectivity index (χ3n) is 3.01. The maximum Gasteiger partial charge on any atom is 0.408 e. The standard InChI is InChI=1S/C17H30N2O6/c1-11(2)9-13(19-16(23)25-17(3,4)5)15(22)18-10-12(20)7-8-14(21)24-6/h11,13H,7-10H2,1-6H3,(H,18,22)(H,19,23)/t13-/m1/s1. The van der Waals surface area contributed by atoms with Crippen LogP contribution in [-0.4, -0.2) is 49.1 Å². The van der Waals surface area contributed by atoms with Crippen LogP contribution in [0.2, 0.25) is 0 Å². The van der Waals surface area contributed by atoms with Crippen LogP contribution >= 0.6 is 0 Å². The summed E-state index contributed by atoms with van der Waals surface area (Å²) in [7, 11) is 1.24. The van der Waals surface area contributed by atoms with Crippen molar-refractivity contribution >= 4 is 23.8 Å². The van der Waals surface area contributed by atoms with Crippen molar-refractivity contribution in [3.8, 4) is 0 Å². The van der Waals surface area contributed by atoms with Gasteiger partial charge in [0, 0.05) is 6.42 Å². The first kappa shape index (κ1) is 22.9. The number of ether oxygens (including phenoxy) is 2. The van der Waals surface area contributed by atoms with Crippen LogP contribution in [0.4, 0.5) is 4.79 Å². The molecule has 144 valence electrons. The summed E-state index contributed by atoms with van der Waals surface area (Å²) in [6.45, 7) is 8.80. The van der Waals surface area contributed by atoms with Crippen LogP contribution in [0.1, 0.15) is 53.9 Å². The topological polar surface area (TPSA) is 111 Å². The maximum absolute atomic E-state index is 12.3. The van der Waals surface area contributed by atoms with Crippen molar-refractivity contribution in [3.63, 3.8) is 0 Å².